The van der Waals surface area contributed by atoms with E-state index in [1.165, 1.54) is 17.0 Å². The Balaban J connectivity index is 1.33. The van der Waals surface area contributed by atoms with E-state index >= 15 is 0 Å². The van der Waals surface area contributed by atoms with Crippen molar-refractivity contribution in [1.29, 1.82) is 0 Å². The average Bonchev–Trinajstić information content (AvgIpc) is 3.26. The molecule has 0 radical (unpaired) electrons. The molecule has 1 aromatic heterocycles. The first-order chi connectivity index (χ1) is 18.1. The number of hydrogen-bond acceptors (Lipinski definition) is 6. The van der Waals surface area contributed by atoms with Gasteiger partial charge in [0, 0.05) is 31.9 Å². The van der Waals surface area contributed by atoms with Crippen LogP contribution >= 0.6 is 0 Å². The topological polar surface area (TPSA) is 118 Å². The van der Waals surface area contributed by atoms with Gasteiger partial charge in [-0.05, 0) is 37.1 Å². The minimum Gasteiger partial charge on any atom is -0.389 e. The number of aliphatic hydroxyl groups is 1. The number of alkyl halides is 3. The summed E-state index contributed by atoms with van der Waals surface area (Å²) in [7, 11) is 1.88. The molecule has 2 aliphatic heterocycles. The highest BCUT2D eigenvalue weighted by atomic mass is 19.4. The number of aliphatic hydroxyl groups excluding tert-OH is 1. The second kappa shape index (κ2) is 12.1. The molecule has 208 valence electrons. The molecule has 2 fully saturated rings. The Bertz CT molecular complexity index is 1090. The number of carbonyl (C=O) groups is 2. The molecule has 3 N–H and O–H groups in total. The molecule has 0 saturated carbocycles. The number of nitrogens with zero attached hydrogens (tertiary/aromatic N) is 3. The number of amides is 3. The van der Waals surface area contributed by atoms with Crippen LogP contribution in [-0.2, 0) is 33.9 Å². The summed E-state index contributed by atoms with van der Waals surface area (Å²) < 4.78 is 52.1. The van der Waals surface area contributed by atoms with Crippen molar-refractivity contribution >= 4 is 17.6 Å². The van der Waals surface area contributed by atoms with Gasteiger partial charge in [0.2, 0.25) is 5.91 Å². The van der Waals surface area contributed by atoms with E-state index in [-0.39, 0.29) is 43.9 Å². The fourth-order valence-electron chi connectivity index (χ4n) is 4.72. The Morgan fingerprint density at radius 1 is 1.18 bits per heavy atom. The second-order valence-electron chi connectivity index (χ2n) is 9.62. The first-order valence-corrected chi connectivity index (χ1v) is 12.5. The van der Waals surface area contributed by atoms with Crippen molar-refractivity contribution in [3.8, 4) is 0 Å². The molecule has 3 heterocycles. The van der Waals surface area contributed by atoms with Gasteiger partial charge in [0.05, 0.1) is 62.0 Å². The zero-order chi connectivity index (χ0) is 27.3. The van der Waals surface area contributed by atoms with E-state index in [4.69, 9.17) is 9.47 Å². The minimum atomic E-state index is -4.48. The van der Waals surface area contributed by atoms with E-state index in [1.807, 2.05) is 17.8 Å². The van der Waals surface area contributed by atoms with Crippen molar-refractivity contribution < 1.29 is 37.3 Å². The maximum Gasteiger partial charge on any atom is 0.416 e. The Kier molecular flexibility index (Phi) is 8.90. The molecule has 0 spiro atoms. The van der Waals surface area contributed by atoms with Crippen molar-refractivity contribution in [2.75, 3.05) is 31.6 Å². The number of hydrogen-bond donors (Lipinski definition) is 3. The summed E-state index contributed by atoms with van der Waals surface area (Å²) >= 11 is 0. The van der Waals surface area contributed by atoms with Crippen LogP contribution in [0.2, 0.25) is 0 Å². The number of β-amino-alcohol motifs (C(OH)–C–C–N with tert-alkyl or cyclic N) is 1. The third-order valence-electron chi connectivity index (χ3n) is 6.58. The normalized spacial score (nSPS) is 24.2. The van der Waals surface area contributed by atoms with Gasteiger partial charge < -0.3 is 34.7 Å². The van der Waals surface area contributed by atoms with Gasteiger partial charge in [-0.1, -0.05) is 0 Å². The summed E-state index contributed by atoms with van der Waals surface area (Å²) in [6, 6.07) is 3.15. The van der Waals surface area contributed by atoms with E-state index in [1.54, 1.807) is 6.33 Å². The van der Waals surface area contributed by atoms with E-state index in [0.717, 1.165) is 17.8 Å². The summed E-state index contributed by atoms with van der Waals surface area (Å²) in [5, 5.41) is 15.8. The molecule has 38 heavy (non-hydrogen) atoms. The zero-order valence-electron chi connectivity index (χ0n) is 21.0. The molecular formula is C25H32F3N5O5. The number of anilines is 1. The number of aryl methyl sites for hydroxylation is 1. The van der Waals surface area contributed by atoms with Crippen LogP contribution < -0.4 is 10.6 Å². The predicted octanol–water partition coefficient (Wildman–Crippen LogP) is 2.33. The minimum absolute atomic E-state index is 0.00465. The first-order valence-electron chi connectivity index (χ1n) is 12.5. The fourth-order valence-corrected chi connectivity index (χ4v) is 4.72. The van der Waals surface area contributed by atoms with Crippen molar-refractivity contribution in [3.05, 3.63) is 48.0 Å². The monoisotopic (exact) mass is 539 g/mol. The van der Waals surface area contributed by atoms with Crippen LogP contribution in [0.4, 0.5) is 23.7 Å². The van der Waals surface area contributed by atoms with Gasteiger partial charge in [-0.3, -0.25) is 4.79 Å². The number of urea groups is 1. The van der Waals surface area contributed by atoms with E-state index in [0.29, 0.717) is 25.8 Å². The van der Waals surface area contributed by atoms with Gasteiger partial charge in [-0.25, -0.2) is 9.78 Å². The van der Waals surface area contributed by atoms with Crippen molar-refractivity contribution in [3.63, 3.8) is 0 Å². The SMILES string of the molecule is Cn1cnc(CCNC(=O)C[C@@H]2CC[C@H]3[C@@H](COC[C@@H](O)CN3C(=O)Nc3ccc(C(F)(F)F)cc3)O2)c1. The molecule has 1 aromatic carbocycles. The molecule has 10 nitrogen and oxygen atoms in total. The quantitative estimate of drug-likeness (QED) is 0.519. The van der Waals surface area contributed by atoms with Crippen LogP contribution in [0.3, 0.4) is 0 Å². The van der Waals surface area contributed by atoms with Crippen molar-refractivity contribution in [2.24, 2.45) is 7.05 Å². The summed E-state index contributed by atoms with van der Waals surface area (Å²) in [5.41, 5.74) is 0.263. The van der Waals surface area contributed by atoms with Gasteiger partial charge in [0.25, 0.3) is 0 Å². The van der Waals surface area contributed by atoms with E-state index < -0.39 is 36.0 Å². The predicted molar refractivity (Wildman–Crippen MR) is 130 cm³/mol. The highest BCUT2D eigenvalue weighted by Crippen LogP contribution is 2.31. The second-order valence-corrected chi connectivity index (χ2v) is 9.62. The Hall–Kier alpha value is -3.16. The lowest BCUT2D eigenvalue weighted by molar-refractivity contribution is -0.149. The largest absolute Gasteiger partial charge is 0.416 e. The molecule has 4 rings (SSSR count). The first kappa shape index (κ1) is 27.9. The number of aromatic nitrogens is 2. The molecule has 4 atom stereocenters. The molecule has 2 aliphatic rings. The van der Waals surface area contributed by atoms with Gasteiger partial charge >= 0.3 is 12.2 Å². The lowest BCUT2D eigenvalue weighted by atomic mass is 9.95. The number of carbonyl (C=O) groups excluding carboxylic acids is 2. The van der Waals surface area contributed by atoms with Crippen molar-refractivity contribution in [2.45, 2.75) is 56.2 Å². The van der Waals surface area contributed by atoms with Gasteiger partial charge in [-0.15, -0.1) is 0 Å². The third-order valence-corrected chi connectivity index (χ3v) is 6.58. The number of ether oxygens (including phenoxy) is 2. The Labute approximate surface area is 218 Å². The van der Waals surface area contributed by atoms with Crippen LogP contribution in [0.25, 0.3) is 0 Å². The zero-order valence-corrected chi connectivity index (χ0v) is 21.0. The molecule has 2 saturated heterocycles. The highest BCUT2D eigenvalue weighted by Gasteiger charge is 2.40. The van der Waals surface area contributed by atoms with Gasteiger partial charge in [0.1, 0.15) is 6.10 Å². The third kappa shape index (κ3) is 7.45. The molecular weight excluding hydrogens is 507 g/mol. The lowest BCUT2D eigenvalue weighted by Crippen LogP contribution is -2.58. The van der Waals surface area contributed by atoms with E-state index in [2.05, 4.69) is 15.6 Å². The molecule has 0 unspecified atom stereocenters. The standard InChI is InChI=1S/C25H32F3N5O5/c1-32-11-18(30-15-32)8-9-29-23(35)10-20-6-7-21-22(38-20)14-37-13-19(34)12-33(21)24(36)31-17-4-2-16(3-5-17)25(26,27)28/h2-5,11,15,19-22,34H,6-10,12-14H2,1H3,(H,29,35)(H,31,36)/t19-,20-,21-,22+/m0/s1. The Morgan fingerprint density at radius 3 is 2.63 bits per heavy atom. The van der Waals surface area contributed by atoms with Crippen LogP contribution in [0.15, 0.2) is 36.8 Å². The molecule has 2 aromatic rings. The summed E-state index contributed by atoms with van der Waals surface area (Å²) in [4.78, 5) is 31.3. The average molecular weight is 540 g/mol. The lowest BCUT2D eigenvalue weighted by Gasteiger charge is -2.44. The number of imidazole rings is 1. The summed E-state index contributed by atoms with van der Waals surface area (Å²) in [6.45, 7) is 0.544. The highest BCUT2D eigenvalue weighted by molar-refractivity contribution is 5.89. The Morgan fingerprint density at radius 2 is 1.95 bits per heavy atom. The number of benzene rings is 1. The number of fused-ring (bicyclic) bond motifs is 1. The number of halogens is 3. The van der Waals surface area contributed by atoms with Crippen LogP contribution in [0.1, 0.15) is 30.5 Å². The van der Waals surface area contributed by atoms with Gasteiger partial charge in [-0.2, -0.15) is 13.2 Å². The molecule has 13 heteroatoms. The smallest absolute Gasteiger partial charge is 0.389 e. The fraction of sp³-hybridized carbons (Fsp3) is 0.560. The summed E-state index contributed by atoms with van der Waals surface area (Å²) in [5.74, 6) is -0.150. The number of rotatable bonds is 6. The summed E-state index contributed by atoms with van der Waals surface area (Å²) in [6.07, 6.45) is -0.921. The molecule has 0 aliphatic carbocycles. The van der Waals surface area contributed by atoms with Crippen molar-refractivity contribution in [1.82, 2.24) is 19.8 Å². The van der Waals surface area contributed by atoms with E-state index in [9.17, 15) is 27.9 Å². The van der Waals surface area contributed by atoms with Crippen LogP contribution in [-0.4, -0.2) is 82.2 Å². The maximum absolute atomic E-state index is 13.1. The number of nitrogens with one attached hydrogen (secondary N) is 2. The molecule has 3 amide bonds. The van der Waals surface area contributed by atoms with Crippen LogP contribution in [0.5, 0.6) is 0 Å². The maximum atomic E-state index is 13.1. The van der Waals surface area contributed by atoms with Crippen LogP contribution in [0, 0.1) is 0 Å². The molecule has 0 bridgehead atoms. The van der Waals surface area contributed by atoms with Gasteiger partial charge in [0.15, 0.2) is 0 Å².